The normalized spacial score (nSPS) is 20.4. The van der Waals surface area contributed by atoms with E-state index < -0.39 is 0 Å². The lowest BCUT2D eigenvalue weighted by molar-refractivity contribution is -0.114. The fourth-order valence-corrected chi connectivity index (χ4v) is 3.82. The maximum absolute atomic E-state index is 12.2. The molecule has 138 valence electrons. The number of anilines is 1. The maximum Gasteiger partial charge on any atom is 0.246 e. The Bertz CT molecular complexity index is 591. The van der Waals surface area contributed by atoms with Crippen LogP contribution < -0.4 is 16.0 Å². The molecule has 0 saturated heterocycles. The van der Waals surface area contributed by atoms with E-state index in [4.69, 9.17) is 0 Å². The van der Waals surface area contributed by atoms with Crippen LogP contribution in [0.2, 0.25) is 0 Å². The molecule has 1 aliphatic carbocycles. The first kappa shape index (κ1) is 19.6. The molecular formula is C19H30N4OS. The van der Waals surface area contributed by atoms with Crippen molar-refractivity contribution in [3.63, 3.8) is 0 Å². The SMILES string of the molecule is CCNC(=NCC(=O)Nc1cccc(CC)c1)NC1CCC(SC)C1. The van der Waals surface area contributed by atoms with Gasteiger partial charge >= 0.3 is 0 Å². The zero-order valence-electron chi connectivity index (χ0n) is 15.5. The fourth-order valence-electron chi connectivity index (χ4n) is 3.02. The van der Waals surface area contributed by atoms with Gasteiger partial charge in [0.15, 0.2) is 5.96 Å². The summed E-state index contributed by atoms with van der Waals surface area (Å²) in [5.74, 6) is 0.630. The molecule has 0 radical (unpaired) electrons. The quantitative estimate of drug-likeness (QED) is 0.515. The Morgan fingerprint density at radius 2 is 2.16 bits per heavy atom. The number of benzene rings is 1. The third-order valence-corrected chi connectivity index (χ3v) is 5.50. The van der Waals surface area contributed by atoms with Crippen LogP contribution >= 0.6 is 11.8 Å². The van der Waals surface area contributed by atoms with Crippen LogP contribution in [0.5, 0.6) is 0 Å². The van der Waals surface area contributed by atoms with Crippen LogP contribution in [0.15, 0.2) is 29.3 Å². The van der Waals surface area contributed by atoms with Crippen molar-refractivity contribution in [2.24, 2.45) is 4.99 Å². The summed E-state index contributed by atoms with van der Waals surface area (Å²) in [5.41, 5.74) is 2.04. The summed E-state index contributed by atoms with van der Waals surface area (Å²) >= 11 is 1.93. The molecule has 3 N–H and O–H groups in total. The van der Waals surface area contributed by atoms with E-state index in [1.54, 1.807) is 0 Å². The lowest BCUT2D eigenvalue weighted by Gasteiger charge is -2.17. The standard InChI is InChI=1S/C19H30N4OS/c1-4-14-7-6-8-15(11-14)22-18(24)13-21-19(20-5-2)23-16-9-10-17(12-16)25-3/h6-8,11,16-17H,4-5,9-10,12-13H2,1-3H3,(H,22,24)(H2,20,21,23). The summed E-state index contributed by atoms with van der Waals surface area (Å²) in [5, 5.41) is 10.3. The van der Waals surface area contributed by atoms with E-state index in [0.717, 1.165) is 42.7 Å². The number of amides is 1. The molecule has 0 spiro atoms. The minimum absolute atomic E-state index is 0.0983. The van der Waals surface area contributed by atoms with Crippen LogP contribution in [0.3, 0.4) is 0 Å². The monoisotopic (exact) mass is 362 g/mol. The van der Waals surface area contributed by atoms with Gasteiger partial charge in [-0.05, 0) is 56.6 Å². The second-order valence-corrected chi connectivity index (χ2v) is 7.45. The molecule has 25 heavy (non-hydrogen) atoms. The van der Waals surface area contributed by atoms with Crippen LogP contribution in [0.1, 0.15) is 38.7 Å². The van der Waals surface area contributed by atoms with Gasteiger partial charge in [-0.15, -0.1) is 0 Å². The highest BCUT2D eigenvalue weighted by molar-refractivity contribution is 7.99. The average Bonchev–Trinajstić information content (AvgIpc) is 3.07. The van der Waals surface area contributed by atoms with E-state index in [1.807, 2.05) is 36.9 Å². The number of hydrogen-bond donors (Lipinski definition) is 3. The fraction of sp³-hybridized carbons (Fsp3) is 0.579. The number of carbonyl (C=O) groups excluding carboxylic acids is 1. The summed E-state index contributed by atoms with van der Waals surface area (Å²) in [6.45, 7) is 5.03. The minimum atomic E-state index is -0.0983. The smallest absolute Gasteiger partial charge is 0.246 e. The Balaban J connectivity index is 1.87. The van der Waals surface area contributed by atoms with Crippen molar-refractivity contribution >= 4 is 29.3 Å². The van der Waals surface area contributed by atoms with Crippen molar-refractivity contribution in [3.8, 4) is 0 Å². The average molecular weight is 363 g/mol. The Labute approximate surface area is 155 Å². The van der Waals surface area contributed by atoms with Crippen molar-refractivity contribution in [1.29, 1.82) is 0 Å². The Morgan fingerprint density at radius 3 is 2.84 bits per heavy atom. The van der Waals surface area contributed by atoms with Crippen molar-refractivity contribution in [2.75, 3.05) is 24.7 Å². The van der Waals surface area contributed by atoms with Gasteiger partial charge < -0.3 is 16.0 Å². The van der Waals surface area contributed by atoms with Crippen molar-refractivity contribution < 1.29 is 4.79 Å². The molecule has 2 atom stereocenters. The second-order valence-electron chi connectivity index (χ2n) is 6.31. The number of hydrogen-bond acceptors (Lipinski definition) is 3. The Hall–Kier alpha value is -1.69. The first-order valence-corrected chi connectivity index (χ1v) is 10.4. The molecule has 0 aromatic heterocycles. The molecule has 0 heterocycles. The largest absolute Gasteiger partial charge is 0.357 e. The first-order chi connectivity index (χ1) is 12.1. The number of thioether (sulfide) groups is 1. The third-order valence-electron chi connectivity index (χ3n) is 4.40. The molecular weight excluding hydrogens is 332 g/mol. The van der Waals surface area contributed by atoms with Gasteiger partial charge in [-0.3, -0.25) is 4.79 Å². The van der Waals surface area contributed by atoms with Crippen molar-refractivity contribution in [3.05, 3.63) is 29.8 Å². The summed E-state index contributed by atoms with van der Waals surface area (Å²) in [6, 6.07) is 8.38. The Morgan fingerprint density at radius 1 is 1.32 bits per heavy atom. The summed E-state index contributed by atoms with van der Waals surface area (Å²) in [7, 11) is 0. The zero-order chi connectivity index (χ0) is 18.1. The molecule has 5 nitrogen and oxygen atoms in total. The van der Waals surface area contributed by atoms with Crippen LogP contribution in [0, 0.1) is 0 Å². The zero-order valence-corrected chi connectivity index (χ0v) is 16.3. The summed E-state index contributed by atoms with van der Waals surface area (Å²) in [6.07, 6.45) is 6.68. The van der Waals surface area contributed by atoms with Crippen molar-refractivity contribution in [1.82, 2.24) is 10.6 Å². The minimum Gasteiger partial charge on any atom is -0.357 e. The molecule has 1 fully saturated rings. The van der Waals surface area contributed by atoms with E-state index in [0.29, 0.717) is 6.04 Å². The van der Waals surface area contributed by atoms with Gasteiger partial charge in [-0.1, -0.05) is 19.1 Å². The molecule has 1 aromatic carbocycles. The molecule has 0 aliphatic heterocycles. The number of carbonyl (C=O) groups is 1. The van der Waals surface area contributed by atoms with E-state index in [-0.39, 0.29) is 12.5 Å². The molecule has 1 amide bonds. The van der Waals surface area contributed by atoms with E-state index in [1.165, 1.54) is 12.0 Å². The summed E-state index contributed by atoms with van der Waals surface area (Å²) < 4.78 is 0. The van der Waals surface area contributed by atoms with E-state index in [2.05, 4.69) is 40.2 Å². The van der Waals surface area contributed by atoms with Crippen molar-refractivity contribution in [2.45, 2.75) is 50.8 Å². The van der Waals surface area contributed by atoms with Gasteiger partial charge in [0, 0.05) is 23.5 Å². The number of nitrogens with zero attached hydrogens (tertiary/aromatic N) is 1. The van der Waals surface area contributed by atoms with Crippen LogP contribution in [-0.4, -0.2) is 42.5 Å². The highest BCUT2D eigenvalue weighted by Gasteiger charge is 2.24. The highest BCUT2D eigenvalue weighted by Crippen LogP contribution is 2.27. The molecule has 6 heteroatoms. The number of rotatable bonds is 7. The predicted molar refractivity (Wildman–Crippen MR) is 109 cm³/mol. The molecule has 1 aromatic rings. The summed E-state index contributed by atoms with van der Waals surface area (Å²) in [4.78, 5) is 16.6. The van der Waals surface area contributed by atoms with Gasteiger partial charge in [0.25, 0.3) is 0 Å². The van der Waals surface area contributed by atoms with Gasteiger partial charge in [0.1, 0.15) is 6.54 Å². The van der Waals surface area contributed by atoms with Gasteiger partial charge in [-0.2, -0.15) is 11.8 Å². The number of nitrogens with one attached hydrogen (secondary N) is 3. The Kier molecular flexibility index (Phi) is 8.12. The van der Waals surface area contributed by atoms with E-state index in [9.17, 15) is 4.79 Å². The van der Waals surface area contributed by atoms with Gasteiger partial charge in [0.2, 0.25) is 5.91 Å². The first-order valence-electron chi connectivity index (χ1n) is 9.11. The van der Waals surface area contributed by atoms with Crippen LogP contribution in [0.4, 0.5) is 5.69 Å². The van der Waals surface area contributed by atoms with Gasteiger partial charge in [-0.25, -0.2) is 4.99 Å². The third kappa shape index (κ3) is 6.61. The second kappa shape index (κ2) is 10.3. The highest BCUT2D eigenvalue weighted by atomic mass is 32.2. The molecule has 1 aliphatic rings. The predicted octanol–water partition coefficient (Wildman–Crippen LogP) is 3.03. The number of aryl methyl sites for hydroxylation is 1. The number of guanidine groups is 1. The maximum atomic E-state index is 12.2. The molecule has 2 unspecified atom stereocenters. The number of aliphatic imine (C=N–C) groups is 1. The van der Waals surface area contributed by atoms with Gasteiger partial charge in [0.05, 0.1) is 0 Å². The topological polar surface area (TPSA) is 65.5 Å². The molecule has 0 bridgehead atoms. The van der Waals surface area contributed by atoms with Crippen LogP contribution in [-0.2, 0) is 11.2 Å². The van der Waals surface area contributed by atoms with E-state index >= 15 is 0 Å². The van der Waals surface area contributed by atoms with Crippen LogP contribution in [0.25, 0.3) is 0 Å². The lowest BCUT2D eigenvalue weighted by atomic mass is 10.1. The molecule has 2 rings (SSSR count). The molecule has 1 saturated carbocycles. The lowest BCUT2D eigenvalue weighted by Crippen LogP contribution is -2.43.